The summed E-state index contributed by atoms with van der Waals surface area (Å²) in [4.78, 5) is 16.0. The molecule has 0 fully saturated rings. The molecule has 4 heteroatoms. The molecule has 0 bridgehead atoms. The molecule has 0 N–H and O–H groups in total. The molecule has 62 valence electrons. The minimum Gasteiger partial charge on any atom is -0.268 e. The van der Waals surface area contributed by atoms with Gasteiger partial charge in [0.25, 0.3) is 0 Å². The first kappa shape index (κ1) is 8.52. The Hall–Kier alpha value is -1.58. The maximum Gasteiger partial charge on any atom is 0.176 e. The van der Waals surface area contributed by atoms with E-state index in [9.17, 15) is 0 Å². The van der Waals surface area contributed by atoms with E-state index in [4.69, 9.17) is 0 Å². The van der Waals surface area contributed by atoms with E-state index in [1.165, 1.54) is 6.20 Å². The second-order valence-electron chi connectivity index (χ2n) is 2.16. The summed E-state index contributed by atoms with van der Waals surface area (Å²) in [5.74, 6) is 1.29. The van der Waals surface area contributed by atoms with Crippen molar-refractivity contribution in [3.05, 3.63) is 12.8 Å². The lowest BCUT2D eigenvalue weighted by Crippen LogP contribution is -2.19. The first-order valence-corrected chi connectivity index (χ1v) is 3.53. The van der Waals surface area contributed by atoms with Gasteiger partial charge in [0.05, 0.1) is 6.21 Å². The molecule has 0 saturated heterocycles. The molecule has 0 aromatic rings. The van der Waals surface area contributed by atoms with Crippen LogP contribution in [0, 0.1) is 0 Å². The van der Waals surface area contributed by atoms with Crippen LogP contribution in [0.15, 0.2) is 32.7 Å². The Kier molecular flexibility index (Phi) is 2.63. The molecular weight excluding hydrogens is 152 g/mol. The maximum atomic E-state index is 4.09. The van der Waals surface area contributed by atoms with Gasteiger partial charge in [-0.15, -0.1) is 0 Å². The van der Waals surface area contributed by atoms with Crippen molar-refractivity contribution >= 4 is 23.6 Å². The molecule has 0 aromatic heterocycles. The van der Waals surface area contributed by atoms with Gasteiger partial charge in [0.15, 0.2) is 5.84 Å². The van der Waals surface area contributed by atoms with E-state index in [2.05, 4.69) is 26.5 Å². The summed E-state index contributed by atoms with van der Waals surface area (Å²) in [6.07, 6.45) is 3.08. The molecule has 0 radical (unpaired) electrons. The first-order chi connectivity index (χ1) is 5.77. The zero-order valence-electron chi connectivity index (χ0n) is 7.15. The molecule has 1 aliphatic heterocycles. The fourth-order valence-corrected chi connectivity index (χ4v) is 0.806. The lowest BCUT2D eigenvalue weighted by molar-refractivity contribution is 1.39. The summed E-state index contributed by atoms with van der Waals surface area (Å²) >= 11 is 0. The average molecular weight is 162 g/mol. The van der Waals surface area contributed by atoms with Gasteiger partial charge in [0.1, 0.15) is 11.5 Å². The predicted molar refractivity (Wildman–Crippen MR) is 52.6 cm³/mol. The number of nitrogens with zero attached hydrogens (tertiary/aromatic N) is 4. The van der Waals surface area contributed by atoms with Gasteiger partial charge in [0, 0.05) is 13.2 Å². The van der Waals surface area contributed by atoms with Crippen LogP contribution in [-0.4, -0.2) is 30.6 Å². The second-order valence-corrected chi connectivity index (χ2v) is 2.16. The smallest absolute Gasteiger partial charge is 0.176 e. The monoisotopic (exact) mass is 162 g/mol. The third kappa shape index (κ3) is 1.72. The molecule has 12 heavy (non-hydrogen) atoms. The third-order valence-corrected chi connectivity index (χ3v) is 1.31. The van der Waals surface area contributed by atoms with Crippen LogP contribution in [0.5, 0.6) is 0 Å². The summed E-state index contributed by atoms with van der Waals surface area (Å²) < 4.78 is 0. The van der Waals surface area contributed by atoms with Crippen LogP contribution in [0.1, 0.15) is 6.92 Å². The zero-order chi connectivity index (χ0) is 8.97. The summed E-state index contributed by atoms with van der Waals surface area (Å²) in [5.41, 5.74) is 0.651. The van der Waals surface area contributed by atoms with E-state index >= 15 is 0 Å². The summed E-state index contributed by atoms with van der Waals surface area (Å²) in [6.45, 7) is 5.30. The molecule has 0 spiro atoms. The molecular formula is C8H10N4. The summed E-state index contributed by atoms with van der Waals surface area (Å²) in [5, 5.41) is 0. The Morgan fingerprint density at radius 1 is 1.58 bits per heavy atom. The highest BCUT2D eigenvalue weighted by molar-refractivity contribution is 6.64. The van der Waals surface area contributed by atoms with Gasteiger partial charge in [-0.1, -0.05) is 6.58 Å². The highest BCUT2D eigenvalue weighted by Gasteiger charge is 2.08. The van der Waals surface area contributed by atoms with Crippen LogP contribution in [0.3, 0.4) is 0 Å². The zero-order valence-corrected chi connectivity index (χ0v) is 7.15. The normalized spacial score (nSPS) is 23.0. The Bertz CT molecular complexity index is 307. The lowest BCUT2D eigenvalue weighted by Gasteiger charge is -2.04. The van der Waals surface area contributed by atoms with Gasteiger partial charge in [-0.25, -0.2) is 9.98 Å². The van der Waals surface area contributed by atoms with E-state index in [1.54, 1.807) is 13.3 Å². The predicted octanol–water partition coefficient (Wildman–Crippen LogP) is 1.10. The summed E-state index contributed by atoms with van der Waals surface area (Å²) in [7, 11) is 1.67. The Morgan fingerprint density at radius 2 is 2.33 bits per heavy atom. The lowest BCUT2D eigenvalue weighted by atomic mass is 10.3. The first-order valence-electron chi connectivity index (χ1n) is 3.53. The minimum atomic E-state index is 0.599. The minimum absolute atomic E-state index is 0.599. The molecule has 0 atom stereocenters. The molecule has 0 aromatic carbocycles. The van der Waals surface area contributed by atoms with Crippen LogP contribution in [0.25, 0.3) is 0 Å². The summed E-state index contributed by atoms with van der Waals surface area (Å²) in [6, 6.07) is 0. The average Bonchev–Trinajstić information content (AvgIpc) is 2.08. The van der Waals surface area contributed by atoms with Crippen molar-refractivity contribution in [2.75, 3.05) is 7.05 Å². The molecule has 0 unspecified atom stereocenters. The van der Waals surface area contributed by atoms with Gasteiger partial charge in [-0.3, -0.25) is 9.98 Å². The van der Waals surface area contributed by atoms with Crippen molar-refractivity contribution in [3.63, 3.8) is 0 Å². The quantitative estimate of drug-likeness (QED) is 0.554. The van der Waals surface area contributed by atoms with Crippen LogP contribution in [0.2, 0.25) is 0 Å². The van der Waals surface area contributed by atoms with Gasteiger partial charge < -0.3 is 0 Å². The Morgan fingerprint density at radius 3 is 2.92 bits per heavy atom. The van der Waals surface area contributed by atoms with Crippen LogP contribution in [-0.2, 0) is 0 Å². The van der Waals surface area contributed by atoms with Crippen molar-refractivity contribution in [2.24, 2.45) is 20.0 Å². The standard InChI is InChI=1S/C8H10N4/c1-4-10-7-5-11-6(2)12-8(7)9-3/h4-5H,1H2,2-3H3/b9-8+,10-7-. The number of amidine groups is 2. The van der Waals surface area contributed by atoms with Crippen molar-refractivity contribution in [3.8, 4) is 0 Å². The van der Waals surface area contributed by atoms with E-state index in [0.29, 0.717) is 17.4 Å². The fourth-order valence-electron chi connectivity index (χ4n) is 0.806. The highest BCUT2D eigenvalue weighted by atomic mass is 15.0. The molecule has 0 amide bonds. The second kappa shape index (κ2) is 3.71. The van der Waals surface area contributed by atoms with E-state index < -0.39 is 0 Å². The van der Waals surface area contributed by atoms with Gasteiger partial charge >= 0.3 is 0 Å². The molecule has 1 rings (SSSR count). The maximum absolute atomic E-state index is 4.09. The SMILES string of the molecule is C=C/N=C1/C=NC(C)=N/C1=N/C. The molecule has 0 aliphatic carbocycles. The van der Waals surface area contributed by atoms with Crippen LogP contribution < -0.4 is 0 Å². The molecule has 4 nitrogen and oxygen atoms in total. The number of hydrogen-bond acceptors (Lipinski definition) is 3. The number of rotatable bonds is 1. The van der Waals surface area contributed by atoms with Crippen LogP contribution in [0.4, 0.5) is 0 Å². The molecule has 1 heterocycles. The number of aliphatic imine (C=N–C) groups is 4. The highest BCUT2D eigenvalue weighted by Crippen LogP contribution is 1.95. The van der Waals surface area contributed by atoms with E-state index in [0.717, 1.165) is 0 Å². The molecule has 0 saturated carbocycles. The van der Waals surface area contributed by atoms with Gasteiger partial charge in [-0.2, -0.15) is 0 Å². The van der Waals surface area contributed by atoms with E-state index in [-0.39, 0.29) is 0 Å². The Balaban J connectivity index is 3.03. The Labute approximate surface area is 71.2 Å². The van der Waals surface area contributed by atoms with E-state index in [1.807, 2.05) is 6.92 Å². The third-order valence-electron chi connectivity index (χ3n) is 1.31. The van der Waals surface area contributed by atoms with Gasteiger partial charge in [0.2, 0.25) is 0 Å². The van der Waals surface area contributed by atoms with Crippen molar-refractivity contribution in [2.45, 2.75) is 6.92 Å². The topological polar surface area (TPSA) is 49.4 Å². The van der Waals surface area contributed by atoms with Gasteiger partial charge in [-0.05, 0) is 6.92 Å². The molecule has 1 aliphatic rings. The van der Waals surface area contributed by atoms with Crippen molar-refractivity contribution in [1.82, 2.24) is 0 Å². The largest absolute Gasteiger partial charge is 0.268 e. The van der Waals surface area contributed by atoms with Crippen molar-refractivity contribution in [1.29, 1.82) is 0 Å². The van der Waals surface area contributed by atoms with Crippen LogP contribution >= 0.6 is 0 Å². The van der Waals surface area contributed by atoms with Crippen molar-refractivity contribution < 1.29 is 0 Å². The number of hydrogen-bond donors (Lipinski definition) is 0. The fraction of sp³-hybridized carbons (Fsp3) is 0.250.